The molecule has 0 saturated carbocycles. The van der Waals surface area contributed by atoms with E-state index in [1.54, 1.807) is 0 Å². The van der Waals surface area contributed by atoms with Crippen LogP contribution in [0.2, 0.25) is 0 Å². The summed E-state index contributed by atoms with van der Waals surface area (Å²) in [5.41, 5.74) is 3.94. The average Bonchev–Trinajstić information content (AvgIpc) is 2.26. The van der Waals surface area contributed by atoms with Gasteiger partial charge in [0, 0.05) is 6.42 Å². The molecule has 0 aromatic carbocycles. The third-order valence-corrected chi connectivity index (χ3v) is 2.30. The minimum Gasteiger partial charge on any atom is -0.481 e. The van der Waals surface area contributed by atoms with Gasteiger partial charge >= 0.3 is 5.97 Å². The summed E-state index contributed by atoms with van der Waals surface area (Å²) in [6, 6.07) is 0. The molecule has 0 atom stereocenters. The van der Waals surface area contributed by atoms with Gasteiger partial charge in [-0.3, -0.25) is 24.5 Å². The second kappa shape index (κ2) is 4.28. The van der Waals surface area contributed by atoms with Crippen molar-refractivity contribution in [3.05, 3.63) is 26.3 Å². The number of aryl methyl sites for hydroxylation is 1. The van der Waals surface area contributed by atoms with Crippen molar-refractivity contribution in [2.45, 2.75) is 12.8 Å². The van der Waals surface area contributed by atoms with Crippen molar-refractivity contribution in [1.29, 1.82) is 0 Å². The molecule has 0 aliphatic heterocycles. The molecule has 18 heavy (non-hydrogen) atoms. The standard InChI is InChI=1S/C9H9N5O4/c10-9-11-7-5(8(18)12-9)6(17)3(13-14-7)1-2-4(15)16/h1-2H2,(H,15,16)(H4,10,11,12,14,17,18). The van der Waals surface area contributed by atoms with Gasteiger partial charge < -0.3 is 10.8 Å². The van der Waals surface area contributed by atoms with Crippen LogP contribution in [0.1, 0.15) is 12.1 Å². The van der Waals surface area contributed by atoms with Crippen LogP contribution in [-0.4, -0.2) is 31.2 Å². The first kappa shape index (κ1) is 11.8. The summed E-state index contributed by atoms with van der Waals surface area (Å²) in [6.45, 7) is 0. The second-order valence-corrected chi connectivity index (χ2v) is 3.57. The van der Waals surface area contributed by atoms with Crippen molar-refractivity contribution in [3.8, 4) is 0 Å². The molecule has 0 spiro atoms. The first-order valence-electron chi connectivity index (χ1n) is 4.98. The minimum absolute atomic E-state index is 0.0260. The monoisotopic (exact) mass is 251 g/mol. The van der Waals surface area contributed by atoms with Crippen molar-refractivity contribution in [1.82, 2.24) is 20.2 Å². The van der Waals surface area contributed by atoms with Gasteiger partial charge in [-0.2, -0.15) is 10.1 Å². The molecule has 94 valence electrons. The number of anilines is 1. The molecule has 0 fully saturated rings. The number of hydrogen-bond acceptors (Lipinski definition) is 6. The van der Waals surface area contributed by atoms with Crippen molar-refractivity contribution < 1.29 is 9.90 Å². The maximum atomic E-state index is 11.9. The van der Waals surface area contributed by atoms with E-state index in [9.17, 15) is 14.4 Å². The second-order valence-electron chi connectivity index (χ2n) is 3.57. The Bertz CT molecular complexity index is 732. The third kappa shape index (κ3) is 2.05. The van der Waals surface area contributed by atoms with Gasteiger partial charge in [0.1, 0.15) is 11.1 Å². The summed E-state index contributed by atoms with van der Waals surface area (Å²) in [6.07, 6.45) is -0.313. The number of fused-ring (bicyclic) bond motifs is 1. The number of carboxylic acid groups (broad SMARTS) is 1. The first-order valence-corrected chi connectivity index (χ1v) is 4.98. The van der Waals surface area contributed by atoms with E-state index in [1.165, 1.54) is 0 Å². The SMILES string of the molecule is Nc1nc2[nH]nc(CCC(=O)O)c(=O)c2c(=O)[nH]1. The third-order valence-electron chi connectivity index (χ3n) is 2.30. The summed E-state index contributed by atoms with van der Waals surface area (Å²) in [7, 11) is 0. The van der Waals surface area contributed by atoms with Crippen molar-refractivity contribution in [2.24, 2.45) is 0 Å². The maximum Gasteiger partial charge on any atom is 0.303 e. The largest absolute Gasteiger partial charge is 0.481 e. The minimum atomic E-state index is -1.05. The van der Waals surface area contributed by atoms with Crippen LogP contribution in [0, 0.1) is 0 Å². The van der Waals surface area contributed by atoms with Crippen LogP contribution in [0.25, 0.3) is 11.0 Å². The quantitative estimate of drug-likeness (QED) is 0.523. The van der Waals surface area contributed by atoms with E-state index in [0.717, 1.165) is 0 Å². The molecule has 9 heteroatoms. The molecule has 0 saturated heterocycles. The number of H-pyrrole nitrogens is 2. The number of aromatic nitrogens is 4. The Kier molecular flexibility index (Phi) is 2.80. The zero-order valence-electron chi connectivity index (χ0n) is 9.06. The van der Waals surface area contributed by atoms with E-state index in [0.29, 0.717) is 0 Å². The molecule has 0 aliphatic rings. The van der Waals surface area contributed by atoms with Gasteiger partial charge in [0.15, 0.2) is 5.65 Å². The lowest BCUT2D eigenvalue weighted by Crippen LogP contribution is -2.24. The number of nitrogen functional groups attached to an aromatic ring is 1. The highest BCUT2D eigenvalue weighted by atomic mass is 16.4. The predicted molar refractivity (Wildman–Crippen MR) is 61.1 cm³/mol. The van der Waals surface area contributed by atoms with Crippen LogP contribution in [-0.2, 0) is 11.2 Å². The summed E-state index contributed by atoms with van der Waals surface area (Å²) >= 11 is 0. The molecule has 2 aromatic rings. The molecule has 0 unspecified atom stereocenters. The van der Waals surface area contributed by atoms with Gasteiger partial charge in [-0.05, 0) is 0 Å². The maximum absolute atomic E-state index is 11.9. The molecule has 0 bridgehead atoms. The Labute approximate surface area is 98.7 Å². The number of aliphatic carboxylic acids is 1. The van der Waals surface area contributed by atoms with Crippen LogP contribution in [0.15, 0.2) is 9.59 Å². The van der Waals surface area contributed by atoms with Crippen LogP contribution < -0.4 is 16.7 Å². The van der Waals surface area contributed by atoms with E-state index in [4.69, 9.17) is 10.8 Å². The van der Waals surface area contributed by atoms with Crippen molar-refractivity contribution in [3.63, 3.8) is 0 Å². The van der Waals surface area contributed by atoms with E-state index < -0.39 is 17.0 Å². The fourth-order valence-corrected chi connectivity index (χ4v) is 1.49. The van der Waals surface area contributed by atoms with Crippen LogP contribution >= 0.6 is 0 Å². The molecule has 0 radical (unpaired) electrons. The topological polar surface area (TPSA) is 155 Å². The van der Waals surface area contributed by atoms with E-state index >= 15 is 0 Å². The van der Waals surface area contributed by atoms with Crippen LogP contribution in [0.4, 0.5) is 5.95 Å². The zero-order chi connectivity index (χ0) is 13.3. The number of carbonyl (C=O) groups is 1. The van der Waals surface area contributed by atoms with Gasteiger partial charge in [0.2, 0.25) is 11.4 Å². The van der Waals surface area contributed by atoms with E-state index in [1.807, 2.05) is 0 Å². The molecule has 0 amide bonds. The molecular weight excluding hydrogens is 242 g/mol. The Balaban J connectivity index is 2.61. The molecule has 9 nitrogen and oxygen atoms in total. The summed E-state index contributed by atoms with van der Waals surface area (Å²) in [4.78, 5) is 39.8. The highest BCUT2D eigenvalue weighted by Gasteiger charge is 2.12. The van der Waals surface area contributed by atoms with Gasteiger partial charge in [0.05, 0.1) is 6.42 Å². The van der Waals surface area contributed by atoms with E-state index in [2.05, 4.69) is 20.2 Å². The normalized spacial score (nSPS) is 10.7. The number of nitrogens with two attached hydrogens (primary N) is 1. The van der Waals surface area contributed by atoms with Crippen molar-refractivity contribution in [2.75, 3.05) is 5.73 Å². The lowest BCUT2D eigenvalue weighted by atomic mass is 10.2. The lowest BCUT2D eigenvalue weighted by Gasteiger charge is -2.00. The number of rotatable bonds is 3. The summed E-state index contributed by atoms with van der Waals surface area (Å²) < 4.78 is 0. The highest BCUT2D eigenvalue weighted by Crippen LogP contribution is 2.00. The highest BCUT2D eigenvalue weighted by molar-refractivity contribution is 5.74. The Morgan fingerprint density at radius 3 is 2.78 bits per heavy atom. The van der Waals surface area contributed by atoms with Gasteiger partial charge in [-0.15, -0.1) is 0 Å². The smallest absolute Gasteiger partial charge is 0.303 e. The number of nitrogens with one attached hydrogen (secondary N) is 2. The van der Waals surface area contributed by atoms with Gasteiger partial charge in [0.25, 0.3) is 5.56 Å². The Morgan fingerprint density at radius 1 is 1.39 bits per heavy atom. The first-order chi connectivity index (χ1) is 8.49. The van der Waals surface area contributed by atoms with Crippen molar-refractivity contribution >= 4 is 23.0 Å². The van der Waals surface area contributed by atoms with Crippen LogP contribution in [0.3, 0.4) is 0 Å². The number of hydrogen-bond donors (Lipinski definition) is 4. The van der Waals surface area contributed by atoms with Gasteiger partial charge in [-0.1, -0.05) is 0 Å². The molecular formula is C9H9N5O4. The fourth-order valence-electron chi connectivity index (χ4n) is 1.49. The average molecular weight is 251 g/mol. The Hall–Kier alpha value is -2.71. The summed E-state index contributed by atoms with van der Waals surface area (Å²) in [5.74, 6) is -1.19. The molecule has 2 heterocycles. The fraction of sp³-hybridized carbons (Fsp3) is 0.222. The Morgan fingerprint density at radius 2 is 2.11 bits per heavy atom. The van der Waals surface area contributed by atoms with E-state index in [-0.39, 0.29) is 35.5 Å². The zero-order valence-corrected chi connectivity index (χ0v) is 9.06. The number of aromatic amines is 2. The molecule has 2 rings (SSSR count). The lowest BCUT2D eigenvalue weighted by molar-refractivity contribution is -0.136. The number of nitrogens with zero attached hydrogens (tertiary/aromatic N) is 2. The molecule has 5 N–H and O–H groups in total. The molecule has 0 aliphatic carbocycles. The molecule has 2 aromatic heterocycles. The van der Waals surface area contributed by atoms with Gasteiger partial charge in [-0.25, -0.2) is 0 Å². The number of carboxylic acids is 1. The van der Waals surface area contributed by atoms with Crippen LogP contribution in [0.5, 0.6) is 0 Å². The summed E-state index contributed by atoms with van der Waals surface area (Å²) in [5, 5.41) is 14.4. The predicted octanol–water partition coefficient (Wildman–Crippen LogP) is -1.39.